The van der Waals surface area contributed by atoms with Crippen LogP contribution in [-0.4, -0.2) is 25.1 Å². The van der Waals surface area contributed by atoms with Crippen LogP contribution in [0.15, 0.2) is 99.1 Å². The summed E-state index contributed by atoms with van der Waals surface area (Å²) in [7, 11) is -4.07. The Bertz CT molecular complexity index is 1380. The first-order valence-corrected chi connectivity index (χ1v) is 12.0. The molecule has 2 aromatic heterocycles. The summed E-state index contributed by atoms with van der Waals surface area (Å²) in [6, 6.07) is 18.8. The second-order valence-electron chi connectivity index (χ2n) is 7.60. The van der Waals surface area contributed by atoms with Crippen LogP contribution < -0.4 is 9.50 Å². The van der Waals surface area contributed by atoms with Gasteiger partial charge in [0, 0.05) is 19.2 Å². The summed E-state index contributed by atoms with van der Waals surface area (Å²) in [6.45, 7) is 1.83. The van der Waals surface area contributed by atoms with Crippen molar-refractivity contribution in [1.29, 1.82) is 0 Å². The zero-order valence-corrected chi connectivity index (χ0v) is 19.5. The summed E-state index contributed by atoms with van der Waals surface area (Å²) in [4.78, 5) is 25.5. The molecule has 0 aliphatic carbocycles. The summed E-state index contributed by atoms with van der Waals surface area (Å²) in [5.41, 5.74) is 1.23. The average molecular weight is 495 g/mol. The average Bonchev–Trinajstić information content (AvgIpc) is 3.54. The number of hydrogen-bond acceptors (Lipinski definition) is 7. The maximum absolute atomic E-state index is 12.9. The van der Waals surface area contributed by atoms with E-state index in [0.717, 1.165) is 5.56 Å². The Labute approximate surface area is 202 Å². The number of amides is 2. The molecule has 35 heavy (non-hydrogen) atoms. The van der Waals surface area contributed by atoms with E-state index in [1.165, 1.54) is 55.8 Å². The van der Waals surface area contributed by atoms with Crippen LogP contribution in [0.2, 0.25) is 0 Å². The van der Waals surface area contributed by atoms with Gasteiger partial charge in [0.25, 0.3) is 5.91 Å². The van der Waals surface area contributed by atoms with Crippen molar-refractivity contribution in [3.8, 4) is 5.75 Å². The fourth-order valence-electron chi connectivity index (χ4n) is 3.30. The molecule has 2 amide bonds. The van der Waals surface area contributed by atoms with E-state index in [1.54, 1.807) is 41.3 Å². The maximum atomic E-state index is 12.9. The molecular formula is C25H22N2O7S. The lowest BCUT2D eigenvalue weighted by Gasteiger charge is -2.21. The number of hydrogen-bond donors (Lipinski definition) is 1. The van der Waals surface area contributed by atoms with E-state index in [2.05, 4.69) is 5.32 Å². The second-order valence-corrected chi connectivity index (χ2v) is 9.15. The molecule has 4 aromatic rings. The van der Waals surface area contributed by atoms with E-state index in [-0.39, 0.29) is 41.3 Å². The molecule has 9 nitrogen and oxygen atoms in total. The van der Waals surface area contributed by atoms with Crippen LogP contribution in [-0.2, 0) is 28.0 Å². The highest BCUT2D eigenvalue weighted by Crippen LogP contribution is 2.22. The summed E-state index contributed by atoms with van der Waals surface area (Å²) in [5.74, 6) is 0.366. The minimum atomic E-state index is -4.07. The van der Waals surface area contributed by atoms with E-state index < -0.39 is 10.1 Å². The quantitative estimate of drug-likeness (QED) is 0.342. The predicted octanol–water partition coefficient (Wildman–Crippen LogP) is 4.44. The molecule has 2 heterocycles. The molecule has 10 heteroatoms. The molecule has 0 atom stereocenters. The lowest BCUT2D eigenvalue weighted by Crippen LogP contribution is -2.29. The zero-order valence-electron chi connectivity index (χ0n) is 18.7. The highest BCUT2D eigenvalue weighted by atomic mass is 32.2. The molecule has 180 valence electrons. The monoisotopic (exact) mass is 494 g/mol. The van der Waals surface area contributed by atoms with Crippen molar-refractivity contribution < 1.29 is 31.0 Å². The largest absolute Gasteiger partial charge is 0.467 e. The van der Waals surface area contributed by atoms with Crippen LogP contribution in [0.25, 0.3) is 0 Å². The van der Waals surface area contributed by atoms with Gasteiger partial charge in [-0.2, -0.15) is 8.42 Å². The second kappa shape index (κ2) is 10.3. The Morgan fingerprint density at radius 3 is 2.17 bits per heavy atom. The van der Waals surface area contributed by atoms with Gasteiger partial charge in [-0.15, -0.1) is 0 Å². The van der Waals surface area contributed by atoms with Crippen LogP contribution in [0.5, 0.6) is 5.75 Å². The van der Waals surface area contributed by atoms with Crippen LogP contribution in [0.1, 0.15) is 28.8 Å². The Balaban J connectivity index is 1.46. The first kappa shape index (κ1) is 23.8. The van der Waals surface area contributed by atoms with Crippen molar-refractivity contribution in [2.45, 2.75) is 24.9 Å². The Morgan fingerprint density at radius 2 is 1.57 bits per heavy atom. The van der Waals surface area contributed by atoms with Gasteiger partial charge in [-0.3, -0.25) is 9.59 Å². The van der Waals surface area contributed by atoms with Gasteiger partial charge in [-0.1, -0.05) is 12.1 Å². The van der Waals surface area contributed by atoms with Crippen molar-refractivity contribution in [3.63, 3.8) is 0 Å². The minimum Gasteiger partial charge on any atom is -0.467 e. The number of rotatable bonds is 9. The Hall–Kier alpha value is -4.31. The molecule has 0 aliphatic heterocycles. The lowest BCUT2D eigenvalue weighted by atomic mass is 10.2. The molecule has 0 spiro atoms. The fourth-order valence-corrected chi connectivity index (χ4v) is 4.23. The van der Waals surface area contributed by atoms with Crippen molar-refractivity contribution in [3.05, 3.63) is 102 Å². The third-order valence-corrected chi connectivity index (χ3v) is 6.17. The Kier molecular flexibility index (Phi) is 7.02. The minimum absolute atomic E-state index is 0.0515. The molecular weight excluding hydrogens is 472 g/mol. The van der Waals surface area contributed by atoms with Crippen LogP contribution in [0.4, 0.5) is 5.69 Å². The fraction of sp³-hybridized carbons (Fsp3) is 0.120. The van der Waals surface area contributed by atoms with Crippen LogP contribution in [0, 0.1) is 0 Å². The van der Waals surface area contributed by atoms with Gasteiger partial charge in [-0.05, 0) is 66.2 Å². The summed E-state index contributed by atoms with van der Waals surface area (Å²) in [5, 5.41) is 2.57. The number of carbonyl (C=O) groups excluding carboxylic acids is 2. The molecule has 0 saturated carbocycles. The first-order chi connectivity index (χ1) is 16.8. The molecule has 4 rings (SSSR count). The highest BCUT2D eigenvalue weighted by molar-refractivity contribution is 7.87. The molecule has 0 aliphatic rings. The summed E-state index contributed by atoms with van der Waals surface area (Å²) in [6.07, 6.45) is 2.96. The summed E-state index contributed by atoms with van der Waals surface area (Å²) >= 11 is 0. The predicted molar refractivity (Wildman–Crippen MR) is 126 cm³/mol. The van der Waals surface area contributed by atoms with Crippen LogP contribution >= 0.6 is 0 Å². The van der Waals surface area contributed by atoms with Crippen molar-refractivity contribution in [1.82, 2.24) is 4.90 Å². The van der Waals surface area contributed by atoms with E-state index in [0.29, 0.717) is 11.4 Å². The number of anilines is 1. The smallest absolute Gasteiger partial charge is 0.339 e. The molecule has 2 aromatic carbocycles. The molecule has 0 radical (unpaired) electrons. The first-order valence-electron chi connectivity index (χ1n) is 10.6. The third kappa shape index (κ3) is 6.18. The number of furan rings is 2. The van der Waals surface area contributed by atoms with Gasteiger partial charge < -0.3 is 23.2 Å². The van der Waals surface area contributed by atoms with E-state index >= 15 is 0 Å². The van der Waals surface area contributed by atoms with Crippen molar-refractivity contribution in [2.75, 3.05) is 5.32 Å². The lowest BCUT2D eigenvalue weighted by molar-refractivity contribution is -0.114. The van der Waals surface area contributed by atoms with Gasteiger partial charge in [-0.25, -0.2) is 0 Å². The number of nitrogens with zero attached hydrogens (tertiary/aromatic N) is 1. The van der Waals surface area contributed by atoms with Gasteiger partial charge in [0.15, 0.2) is 5.76 Å². The molecule has 1 N–H and O–H groups in total. The van der Waals surface area contributed by atoms with E-state index in [1.807, 2.05) is 0 Å². The van der Waals surface area contributed by atoms with E-state index in [4.69, 9.17) is 13.0 Å². The van der Waals surface area contributed by atoms with Crippen molar-refractivity contribution >= 4 is 27.6 Å². The molecule has 0 fully saturated rings. The van der Waals surface area contributed by atoms with Crippen molar-refractivity contribution in [2.24, 2.45) is 0 Å². The molecule has 0 unspecified atom stereocenters. The molecule has 0 bridgehead atoms. The standard InChI is InChI=1S/C25H22N2O7S/c1-18(28)26-20-8-12-23(13-9-20)35(30,31)34-21-10-6-19(7-11-21)16-27(17-22-4-2-14-32-22)25(29)24-5-3-15-33-24/h2-15H,16-17H2,1H3,(H,26,28). The normalized spacial score (nSPS) is 11.1. The third-order valence-electron chi connectivity index (χ3n) is 4.91. The maximum Gasteiger partial charge on any atom is 0.339 e. The molecule has 0 saturated heterocycles. The number of benzene rings is 2. The Morgan fingerprint density at radius 1 is 0.886 bits per heavy atom. The topological polar surface area (TPSA) is 119 Å². The number of carbonyl (C=O) groups is 2. The van der Waals surface area contributed by atoms with E-state index in [9.17, 15) is 18.0 Å². The van der Waals surface area contributed by atoms with Gasteiger partial charge >= 0.3 is 10.1 Å². The number of nitrogens with one attached hydrogen (secondary N) is 1. The van der Waals surface area contributed by atoms with Crippen LogP contribution in [0.3, 0.4) is 0 Å². The summed E-state index contributed by atoms with van der Waals surface area (Å²) < 4.78 is 41.1. The van der Waals surface area contributed by atoms with Gasteiger partial charge in [0.1, 0.15) is 16.4 Å². The van der Waals surface area contributed by atoms with Gasteiger partial charge in [0.2, 0.25) is 5.91 Å². The van der Waals surface area contributed by atoms with Gasteiger partial charge in [0.05, 0.1) is 19.1 Å². The SMILES string of the molecule is CC(=O)Nc1ccc(S(=O)(=O)Oc2ccc(CN(Cc3ccco3)C(=O)c3ccco3)cc2)cc1. The highest BCUT2D eigenvalue weighted by Gasteiger charge is 2.21. The zero-order chi connectivity index (χ0) is 24.8.